The van der Waals surface area contributed by atoms with Gasteiger partial charge in [-0.25, -0.2) is 4.79 Å². The maximum absolute atomic E-state index is 14.3. The van der Waals surface area contributed by atoms with Crippen LogP contribution in [0.5, 0.6) is 0 Å². The number of carbonyl (C=O) groups excluding carboxylic acids is 3. The Hall–Kier alpha value is -2.57. The molecular weight excluding hydrogens is 490 g/mol. The molecule has 0 fully saturated rings. The lowest BCUT2D eigenvalue weighted by Crippen LogP contribution is -2.55. The summed E-state index contributed by atoms with van der Waals surface area (Å²) in [6.07, 6.45) is 7.46. The van der Waals surface area contributed by atoms with Crippen LogP contribution in [0.3, 0.4) is 0 Å². The van der Waals surface area contributed by atoms with E-state index in [-0.39, 0.29) is 17.7 Å². The minimum absolute atomic E-state index is 0.179. The van der Waals surface area contributed by atoms with E-state index in [9.17, 15) is 14.4 Å². The van der Waals surface area contributed by atoms with Crippen LogP contribution in [0.1, 0.15) is 123 Å². The van der Waals surface area contributed by atoms with Crippen molar-refractivity contribution >= 4 is 17.9 Å². The summed E-state index contributed by atoms with van der Waals surface area (Å²) in [5.41, 5.74) is 2.12. The molecule has 2 atom stereocenters. The number of rotatable bonds is 16. The van der Waals surface area contributed by atoms with Crippen molar-refractivity contribution in [2.24, 2.45) is 5.92 Å². The lowest BCUT2D eigenvalue weighted by molar-refractivity contribution is -0.143. The van der Waals surface area contributed by atoms with E-state index in [1.54, 1.807) is 25.7 Å². The lowest BCUT2D eigenvalue weighted by atomic mass is 9.94. The number of hydrogen-bond donors (Lipinski definition) is 2. The van der Waals surface area contributed by atoms with Crippen molar-refractivity contribution in [2.45, 2.75) is 131 Å². The highest BCUT2D eigenvalue weighted by Crippen LogP contribution is 2.28. The van der Waals surface area contributed by atoms with E-state index in [4.69, 9.17) is 4.74 Å². The Morgan fingerprint density at radius 1 is 0.923 bits per heavy atom. The summed E-state index contributed by atoms with van der Waals surface area (Å²) in [6, 6.07) is 4.43. The molecule has 0 bridgehead atoms. The molecule has 1 rings (SSSR count). The first-order chi connectivity index (χ1) is 18.3. The zero-order valence-corrected chi connectivity index (χ0v) is 26.1. The maximum atomic E-state index is 14.3. The number of unbranched alkanes of at least 4 members (excludes halogenated alkanes) is 6. The van der Waals surface area contributed by atoms with Crippen LogP contribution < -0.4 is 10.6 Å². The molecule has 0 saturated heterocycles. The number of benzene rings is 1. The van der Waals surface area contributed by atoms with Gasteiger partial charge in [-0.3, -0.25) is 9.59 Å². The van der Waals surface area contributed by atoms with Crippen molar-refractivity contribution in [1.29, 1.82) is 0 Å². The lowest BCUT2D eigenvalue weighted by Gasteiger charge is -2.36. The van der Waals surface area contributed by atoms with Crippen LogP contribution >= 0.6 is 0 Å². The van der Waals surface area contributed by atoms with Gasteiger partial charge in [0.2, 0.25) is 11.8 Å². The molecule has 0 saturated carbocycles. The van der Waals surface area contributed by atoms with Crippen LogP contribution in [0.15, 0.2) is 18.2 Å². The third-order valence-electron chi connectivity index (χ3n) is 6.76. The van der Waals surface area contributed by atoms with Gasteiger partial charge in [0.15, 0.2) is 0 Å². The number of aryl methyl sites for hydroxylation is 2. The molecule has 39 heavy (non-hydrogen) atoms. The molecule has 0 radical (unpaired) electrons. The van der Waals surface area contributed by atoms with E-state index in [1.165, 1.54) is 0 Å². The molecule has 0 aliphatic heterocycles. The highest BCUT2D eigenvalue weighted by molar-refractivity contribution is 5.92. The van der Waals surface area contributed by atoms with Crippen molar-refractivity contribution in [3.63, 3.8) is 0 Å². The zero-order chi connectivity index (χ0) is 29.6. The molecule has 1 aromatic carbocycles. The second-order valence-electron chi connectivity index (χ2n) is 12.1. The van der Waals surface area contributed by atoms with E-state index in [0.29, 0.717) is 13.1 Å². The van der Waals surface area contributed by atoms with E-state index in [2.05, 4.69) is 24.5 Å². The molecular formula is C32H55N3O4. The molecule has 0 heterocycles. The maximum Gasteiger partial charge on any atom is 0.408 e. The fraction of sp³-hybridized carbons (Fsp3) is 0.719. The standard InChI is InChI=1S/C32H55N3O4/c1-10-12-14-15-17-21-35(30(37)27(23(3)4)34-31(38)39-32(7,8)9)28(29(36)33-20-16-13-11-2)26-22-24(5)18-19-25(26)6/h18-19,22-23,27-28H,10-17,20-21H2,1-9H3,(H,33,36)(H,34,38). The molecule has 222 valence electrons. The van der Waals surface area contributed by atoms with Crippen molar-refractivity contribution in [3.05, 3.63) is 34.9 Å². The van der Waals surface area contributed by atoms with Crippen LogP contribution in [0.25, 0.3) is 0 Å². The fourth-order valence-corrected chi connectivity index (χ4v) is 4.57. The highest BCUT2D eigenvalue weighted by atomic mass is 16.6. The van der Waals surface area contributed by atoms with Crippen molar-refractivity contribution in [1.82, 2.24) is 15.5 Å². The Morgan fingerprint density at radius 3 is 2.13 bits per heavy atom. The number of alkyl carbamates (subject to hydrolysis) is 1. The van der Waals surface area contributed by atoms with Gasteiger partial charge in [0, 0.05) is 13.1 Å². The van der Waals surface area contributed by atoms with Crippen LogP contribution in [-0.2, 0) is 14.3 Å². The zero-order valence-electron chi connectivity index (χ0n) is 26.1. The Morgan fingerprint density at radius 2 is 1.54 bits per heavy atom. The molecule has 1 aromatic rings. The molecule has 3 amide bonds. The monoisotopic (exact) mass is 545 g/mol. The van der Waals surface area contributed by atoms with Gasteiger partial charge >= 0.3 is 6.09 Å². The van der Waals surface area contributed by atoms with E-state index in [0.717, 1.165) is 68.1 Å². The van der Waals surface area contributed by atoms with Crippen molar-refractivity contribution in [3.8, 4) is 0 Å². The second kappa shape index (κ2) is 17.2. The number of nitrogens with zero attached hydrogens (tertiary/aromatic N) is 1. The number of carbonyl (C=O) groups is 3. The average molecular weight is 546 g/mol. The minimum atomic E-state index is -0.823. The van der Waals surface area contributed by atoms with Gasteiger partial charge in [-0.1, -0.05) is 90.0 Å². The third kappa shape index (κ3) is 12.4. The SMILES string of the molecule is CCCCCCCN(C(=O)C(NC(=O)OC(C)(C)C)C(C)C)C(C(=O)NCCCCC)c1cc(C)ccc1C. The highest BCUT2D eigenvalue weighted by Gasteiger charge is 2.37. The van der Waals surface area contributed by atoms with E-state index < -0.39 is 23.8 Å². The van der Waals surface area contributed by atoms with E-state index in [1.807, 2.05) is 45.9 Å². The number of amides is 3. The number of ether oxygens (including phenoxy) is 1. The summed E-state index contributed by atoms with van der Waals surface area (Å²) in [4.78, 5) is 42.5. The van der Waals surface area contributed by atoms with Gasteiger partial charge in [-0.2, -0.15) is 0 Å². The largest absolute Gasteiger partial charge is 0.444 e. The third-order valence-corrected chi connectivity index (χ3v) is 6.76. The van der Waals surface area contributed by atoms with Gasteiger partial charge in [0.05, 0.1) is 0 Å². The fourth-order valence-electron chi connectivity index (χ4n) is 4.57. The first-order valence-corrected chi connectivity index (χ1v) is 15.0. The average Bonchev–Trinajstić information content (AvgIpc) is 2.84. The predicted molar refractivity (Wildman–Crippen MR) is 160 cm³/mol. The van der Waals surface area contributed by atoms with Crippen LogP contribution in [0.2, 0.25) is 0 Å². The summed E-state index contributed by atoms with van der Waals surface area (Å²) < 4.78 is 5.48. The van der Waals surface area contributed by atoms with Crippen molar-refractivity contribution in [2.75, 3.05) is 13.1 Å². The Kier molecular flexibility index (Phi) is 15.2. The summed E-state index contributed by atoms with van der Waals surface area (Å²) in [5, 5.41) is 5.92. The molecule has 0 spiro atoms. The van der Waals surface area contributed by atoms with Crippen LogP contribution in [-0.4, -0.2) is 47.5 Å². The first-order valence-electron chi connectivity index (χ1n) is 15.0. The normalized spacial score (nSPS) is 13.1. The van der Waals surface area contributed by atoms with Gasteiger partial charge in [0.1, 0.15) is 17.7 Å². The number of nitrogens with one attached hydrogen (secondary N) is 2. The first kappa shape index (κ1) is 34.5. The smallest absolute Gasteiger partial charge is 0.408 e. The second-order valence-corrected chi connectivity index (χ2v) is 12.1. The molecule has 0 aliphatic rings. The summed E-state index contributed by atoms with van der Waals surface area (Å²) in [7, 11) is 0. The molecule has 0 aliphatic carbocycles. The quantitative estimate of drug-likeness (QED) is 0.219. The molecule has 2 unspecified atom stereocenters. The Labute approximate surface area is 237 Å². The summed E-state index contributed by atoms with van der Waals surface area (Å²) in [6.45, 7) is 18.5. The Bertz CT molecular complexity index is 907. The van der Waals surface area contributed by atoms with Crippen LogP contribution in [0, 0.1) is 19.8 Å². The predicted octanol–water partition coefficient (Wildman–Crippen LogP) is 7.00. The van der Waals surface area contributed by atoms with Crippen molar-refractivity contribution < 1.29 is 19.1 Å². The molecule has 0 aromatic heterocycles. The Balaban J connectivity index is 3.48. The summed E-state index contributed by atoms with van der Waals surface area (Å²) in [5.74, 6) is -0.637. The van der Waals surface area contributed by atoms with E-state index >= 15 is 0 Å². The van der Waals surface area contributed by atoms with Gasteiger partial charge in [-0.15, -0.1) is 0 Å². The van der Waals surface area contributed by atoms with Gasteiger partial charge < -0.3 is 20.3 Å². The topological polar surface area (TPSA) is 87.7 Å². The number of hydrogen-bond acceptors (Lipinski definition) is 4. The van der Waals surface area contributed by atoms with Crippen LogP contribution in [0.4, 0.5) is 4.79 Å². The molecule has 7 nitrogen and oxygen atoms in total. The van der Waals surface area contributed by atoms with Gasteiger partial charge in [-0.05, 0) is 64.5 Å². The summed E-state index contributed by atoms with van der Waals surface area (Å²) >= 11 is 0. The van der Waals surface area contributed by atoms with Gasteiger partial charge in [0.25, 0.3) is 0 Å². The molecule has 7 heteroatoms. The minimum Gasteiger partial charge on any atom is -0.444 e. The molecule has 2 N–H and O–H groups in total.